The number of carboxylic acids is 1. The lowest BCUT2D eigenvalue weighted by Gasteiger charge is -2.41. The van der Waals surface area contributed by atoms with Crippen molar-refractivity contribution in [3.63, 3.8) is 0 Å². The van der Waals surface area contributed by atoms with E-state index in [9.17, 15) is 22.8 Å². The van der Waals surface area contributed by atoms with Crippen molar-refractivity contribution >= 4 is 12.0 Å². The lowest BCUT2D eigenvalue weighted by Crippen LogP contribution is -2.56. The zero-order chi connectivity index (χ0) is 13.9. The van der Waals surface area contributed by atoms with Gasteiger partial charge in [-0.1, -0.05) is 0 Å². The molecule has 18 heavy (non-hydrogen) atoms. The summed E-state index contributed by atoms with van der Waals surface area (Å²) in [5.74, 6) is -1.12. The van der Waals surface area contributed by atoms with Gasteiger partial charge in [-0.15, -0.1) is 0 Å². The Labute approximate surface area is 102 Å². The summed E-state index contributed by atoms with van der Waals surface area (Å²) in [7, 11) is 0. The highest BCUT2D eigenvalue weighted by Crippen LogP contribution is 2.23. The van der Waals surface area contributed by atoms with Gasteiger partial charge in [0, 0.05) is 25.6 Å². The van der Waals surface area contributed by atoms with Crippen molar-refractivity contribution in [2.75, 3.05) is 26.2 Å². The van der Waals surface area contributed by atoms with Crippen LogP contribution in [0.25, 0.3) is 0 Å². The number of alkyl halides is 3. The molecule has 0 saturated carbocycles. The molecule has 0 atom stereocenters. The molecule has 0 aromatic heterocycles. The molecule has 1 aliphatic rings. The number of hydrogen-bond acceptors (Lipinski definition) is 2. The van der Waals surface area contributed by atoms with E-state index in [1.807, 2.05) is 0 Å². The Kier molecular flexibility index (Phi) is 4.42. The van der Waals surface area contributed by atoms with Gasteiger partial charge in [-0.2, -0.15) is 13.2 Å². The van der Waals surface area contributed by atoms with E-state index in [4.69, 9.17) is 5.11 Å². The van der Waals surface area contributed by atoms with Crippen LogP contribution in [0.15, 0.2) is 0 Å². The van der Waals surface area contributed by atoms with E-state index in [2.05, 4.69) is 0 Å². The van der Waals surface area contributed by atoms with Crippen LogP contribution in [0.3, 0.4) is 0 Å². The molecular weight excluding hydrogens is 253 g/mol. The van der Waals surface area contributed by atoms with Crippen LogP contribution in [0, 0.1) is 5.92 Å². The van der Waals surface area contributed by atoms with E-state index in [-0.39, 0.29) is 32.0 Å². The highest BCUT2D eigenvalue weighted by Gasteiger charge is 2.38. The summed E-state index contributed by atoms with van der Waals surface area (Å²) in [6.45, 7) is 0.581. The van der Waals surface area contributed by atoms with Gasteiger partial charge < -0.3 is 14.9 Å². The maximum atomic E-state index is 12.2. The predicted octanol–water partition coefficient (Wildman–Crippen LogP) is 1.40. The number of amides is 2. The van der Waals surface area contributed by atoms with E-state index in [0.717, 1.165) is 0 Å². The molecule has 5 nitrogen and oxygen atoms in total. The SMILES string of the molecule is CCN(CC(F)(F)F)C(=O)N1CC(CC(=O)O)C1. The third-order valence-electron chi connectivity index (χ3n) is 2.71. The normalized spacial score (nSPS) is 16.3. The lowest BCUT2D eigenvalue weighted by molar-refractivity contribution is -0.142. The smallest absolute Gasteiger partial charge is 0.406 e. The molecule has 1 heterocycles. The fourth-order valence-electron chi connectivity index (χ4n) is 1.83. The first-order chi connectivity index (χ1) is 8.23. The first-order valence-electron chi connectivity index (χ1n) is 5.55. The summed E-state index contributed by atoms with van der Waals surface area (Å²) in [4.78, 5) is 24.0. The number of carbonyl (C=O) groups excluding carboxylic acids is 1. The molecule has 8 heteroatoms. The Morgan fingerprint density at radius 1 is 1.39 bits per heavy atom. The van der Waals surface area contributed by atoms with Crippen LogP contribution in [0.5, 0.6) is 0 Å². The van der Waals surface area contributed by atoms with Gasteiger partial charge in [0.1, 0.15) is 6.54 Å². The summed E-state index contributed by atoms with van der Waals surface area (Å²) in [6, 6.07) is -0.684. The average Bonchev–Trinajstić information content (AvgIpc) is 2.16. The molecule has 104 valence electrons. The van der Waals surface area contributed by atoms with Crippen molar-refractivity contribution in [1.29, 1.82) is 0 Å². The number of nitrogens with zero attached hydrogens (tertiary/aromatic N) is 2. The minimum atomic E-state index is -4.42. The van der Waals surface area contributed by atoms with Gasteiger partial charge in [-0.3, -0.25) is 4.79 Å². The summed E-state index contributed by atoms with van der Waals surface area (Å²) in [5.41, 5.74) is 0. The summed E-state index contributed by atoms with van der Waals surface area (Å²) in [5, 5.41) is 8.52. The van der Waals surface area contributed by atoms with Crippen LogP contribution in [0.2, 0.25) is 0 Å². The van der Waals surface area contributed by atoms with Crippen molar-refractivity contribution < 1.29 is 27.9 Å². The van der Waals surface area contributed by atoms with E-state index < -0.39 is 24.7 Å². The van der Waals surface area contributed by atoms with Gasteiger partial charge in [-0.05, 0) is 6.92 Å². The number of carboxylic acid groups (broad SMARTS) is 1. The van der Waals surface area contributed by atoms with Crippen molar-refractivity contribution in [1.82, 2.24) is 9.80 Å². The quantitative estimate of drug-likeness (QED) is 0.838. The van der Waals surface area contributed by atoms with Crippen molar-refractivity contribution in [2.45, 2.75) is 19.5 Å². The topological polar surface area (TPSA) is 60.9 Å². The van der Waals surface area contributed by atoms with E-state index >= 15 is 0 Å². The second kappa shape index (κ2) is 5.45. The molecule has 1 fully saturated rings. The van der Waals surface area contributed by atoms with Crippen molar-refractivity contribution in [3.05, 3.63) is 0 Å². The molecule has 1 aliphatic heterocycles. The number of urea groups is 1. The first kappa shape index (κ1) is 14.6. The van der Waals surface area contributed by atoms with Crippen LogP contribution in [0.1, 0.15) is 13.3 Å². The average molecular weight is 268 g/mol. The fraction of sp³-hybridized carbons (Fsp3) is 0.800. The molecule has 0 unspecified atom stereocenters. The van der Waals surface area contributed by atoms with Crippen LogP contribution in [0.4, 0.5) is 18.0 Å². The van der Waals surface area contributed by atoms with Gasteiger partial charge >= 0.3 is 18.2 Å². The Balaban J connectivity index is 2.43. The molecule has 1 saturated heterocycles. The third-order valence-corrected chi connectivity index (χ3v) is 2.71. The van der Waals surface area contributed by atoms with Gasteiger partial charge in [0.2, 0.25) is 0 Å². The molecule has 1 N–H and O–H groups in total. The molecule has 0 spiro atoms. The first-order valence-corrected chi connectivity index (χ1v) is 5.55. The second-order valence-electron chi connectivity index (χ2n) is 4.28. The van der Waals surface area contributed by atoms with Crippen molar-refractivity contribution in [2.24, 2.45) is 5.92 Å². The zero-order valence-corrected chi connectivity index (χ0v) is 9.90. The Morgan fingerprint density at radius 3 is 2.33 bits per heavy atom. The van der Waals surface area contributed by atoms with Crippen molar-refractivity contribution in [3.8, 4) is 0 Å². The molecule has 1 rings (SSSR count). The molecule has 0 aliphatic carbocycles. The Hall–Kier alpha value is -1.47. The van der Waals surface area contributed by atoms with Gasteiger partial charge in [0.25, 0.3) is 0 Å². The molecule has 0 radical (unpaired) electrons. The number of likely N-dealkylation sites (tertiary alicyclic amines) is 1. The summed E-state index contributed by atoms with van der Waals surface area (Å²) in [6.07, 6.45) is -4.48. The van der Waals surface area contributed by atoms with E-state index in [1.54, 1.807) is 0 Å². The molecule has 0 aromatic rings. The van der Waals surface area contributed by atoms with Crippen LogP contribution in [-0.4, -0.2) is 59.3 Å². The Morgan fingerprint density at radius 2 is 1.94 bits per heavy atom. The number of carbonyl (C=O) groups is 2. The monoisotopic (exact) mass is 268 g/mol. The standard InChI is InChI=1S/C10H15F3N2O3/c1-2-14(6-10(11,12)13)9(18)15-4-7(5-15)3-8(16)17/h7H,2-6H2,1H3,(H,16,17). The van der Waals surface area contributed by atoms with Gasteiger partial charge in [0.15, 0.2) is 0 Å². The fourth-order valence-corrected chi connectivity index (χ4v) is 1.83. The lowest BCUT2D eigenvalue weighted by atomic mass is 9.97. The number of aliphatic carboxylic acids is 1. The number of hydrogen-bond donors (Lipinski definition) is 1. The number of rotatable bonds is 4. The highest BCUT2D eigenvalue weighted by atomic mass is 19.4. The molecule has 2 amide bonds. The predicted molar refractivity (Wildman–Crippen MR) is 56.0 cm³/mol. The van der Waals surface area contributed by atoms with E-state index in [0.29, 0.717) is 4.90 Å². The van der Waals surface area contributed by atoms with Crippen LogP contribution >= 0.6 is 0 Å². The minimum Gasteiger partial charge on any atom is -0.481 e. The third kappa shape index (κ3) is 4.08. The summed E-state index contributed by atoms with van der Waals surface area (Å²) < 4.78 is 36.6. The van der Waals surface area contributed by atoms with Gasteiger partial charge in [0.05, 0.1) is 6.42 Å². The zero-order valence-electron chi connectivity index (χ0n) is 9.90. The van der Waals surface area contributed by atoms with Gasteiger partial charge in [-0.25, -0.2) is 4.79 Å². The maximum absolute atomic E-state index is 12.2. The number of halogens is 3. The second-order valence-corrected chi connectivity index (χ2v) is 4.28. The molecule has 0 aromatic carbocycles. The minimum absolute atomic E-state index is 0.0293. The Bertz CT molecular complexity index is 327. The van der Waals surface area contributed by atoms with Crippen LogP contribution in [-0.2, 0) is 4.79 Å². The largest absolute Gasteiger partial charge is 0.481 e. The maximum Gasteiger partial charge on any atom is 0.406 e. The van der Waals surface area contributed by atoms with Crippen LogP contribution < -0.4 is 0 Å². The summed E-state index contributed by atoms with van der Waals surface area (Å²) >= 11 is 0. The van der Waals surface area contributed by atoms with E-state index in [1.165, 1.54) is 11.8 Å². The molecule has 0 bridgehead atoms. The highest BCUT2D eigenvalue weighted by molar-refractivity contribution is 5.76. The molecular formula is C10H15F3N2O3.